The molecule has 2 unspecified atom stereocenters. The van der Waals surface area contributed by atoms with Gasteiger partial charge in [0.1, 0.15) is 18.5 Å². The maximum atomic E-state index is 9.91. The number of benzene rings is 1. The highest BCUT2D eigenvalue weighted by atomic mass is 35.5. The van der Waals surface area contributed by atoms with Crippen molar-refractivity contribution in [1.29, 1.82) is 0 Å². The van der Waals surface area contributed by atoms with Crippen LogP contribution in [0.5, 0.6) is 5.75 Å². The van der Waals surface area contributed by atoms with Crippen LogP contribution in [0.15, 0.2) is 30.4 Å². The maximum absolute atomic E-state index is 9.91. The molecule has 20 heavy (non-hydrogen) atoms. The number of aliphatic hydroxyl groups is 1. The van der Waals surface area contributed by atoms with Crippen molar-refractivity contribution in [3.63, 3.8) is 0 Å². The summed E-state index contributed by atoms with van der Waals surface area (Å²) in [5.41, 5.74) is 0. The molecule has 0 amide bonds. The standard InChI is InChI=1S/C15H19Cl2NO2/c16-11-6-7-15(14(17)8-11)20-10-13(19)9-18-12-4-2-1-3-5-12/h1-2,6-8,12-13,18-19H,3-5,9-10H2. The summed E-state index contributed by atoms with van der Waals surface area (Å²) in [6.07, 6.45) is 7.05. The zero-order chi connectivity index (χ0) is 14.4. The van der Waals surface area contributed by atoms with Gasteiger partial charge in [-0.15, -0.1) is 0 Å². The summed E-state index contributed by atoms with van der Waals surface area (Å²) in [6, 6.07) is 5.49. The van der Waals surface area contributed by atoms with Crippen molar-refractivity contribution >= 4 is 23.2 Å². The molecule has 1 aromatic carbocycles. The van der Waals surface area contributed by atoms with Crippen LogP contribution in [0.25, 0.3) is 0 Å². The Bertz CT molecular complexity index is 465. The van der Waals surface area contributed by atoms with E-state index in [2.05, 4.69) is 17.5 Å². The first-order valence-electron chi connectivity index (χ1n) is 6.79. The summed E-state index contributed by atoms with van der Waals surface area (Å²) in [5.74, 6) is 0.538. The lowest BCUT2D eigenvalue weighted by Crippen LogP contribution is -2.38. The summed E-state index contributed by atoms with van der Waals surface area (Å²) in [7, 11) is 0. The van der Waals surface area contributed by atoms with Crippen LogP contribution in [0.2, 0.25) is 10.0 Å². The molecule has 1 aromatic rings. The Morgan fingerprint density at radius 2 is 2.20 bits per heavy atom. The molecule has 0 aliphatic heterocycles. The van der Waals surface area contributed by atoms with Crippen molar-refractivity contribution in [2.24, 2.45) is 0 Å². The molecule has 0 radical (unpaired) electrons. The van der Waals surface area contributed by atoms with Crippen LogP contribution >= 0.6 is 23.2 Å². The van der Waals surface area contributed by atoms with Crippen LogP contribution < -0.4 is 10.1 Å². The number of hydrogen-bond acceptors (Lipinski definition) is 3. The van der Waals surface area contributed by atoms with E-state index in [0.717, 1.165) is 19.3 Å². The third kappa shape index (κ3) is 4.98. The highest BCUT2D eigenvalue weighted by molar-refractivity contribution is 6.35. The van der Waals surface area contributed by atoms with Gasteiger partial charge in [-0.25, -0.2) is 0 Å². The van der Waals surface area contributed by atoms with E-state index >= 15 is 0 Å². The quantitative estimate of drug-likeness (QED) is 0.790. The molecule has 0 heterocycles. The first kappa shape index (κ1) is 15.6. The second-order valence-corrected chi connectivity index (χ2v) is 5.77. The van der Waals surface area contributed by atoms with Gasteiger partial charge in [0.05, 0.1) is 5.02 Å². The number of ether oxygens (including phenoxy) is 1. The Morgan fingerprint density at radius 3 is 2.90 bits per heavy atom. The van der Waals surface area contributed by atoms with E-state index in [4.69, 9.17) is 27.9 Å². The van der Waals surface area contributed by atoms with Gasteiger partial charge in [-0.1, -0.05) is 35.4 Å². The Kier molecular flexibility index (Phi) is 6.17. The van der Waals surface area contributed by atoms with E-state index in [1.165, 1.54) is 0 Å². The van der Waals surface area contributed by atoms with Gasteiger partial charge in [0.15, 0.2) is 0 Å². The fourth-order valence-electron chi connectivity index (χ4n) is 2.12. The summed E-state index contributed by atoms with van der Waals surface area (Å²) in [6.45, 7) is 0.723. The molecular weight excluding hydrogens is 297 g/mol. The Balaban J connectivity index is 1.71. The molecular formula is C15H19Cl2NO2. The van der Waals surface area contributed by atoms with Crippen molar-refractivity contribution in [3.8, 4) is 5.75 Å². The molecule has 0 bridgehead atoms. The van der Waals surface area contributed by atoms with Crippen LogP contribution in [0, 0.1) is 0 Å². The highest BCUT2D eigenvalue weighted by Gasteiger charge is 2.12. The molecule has 1 aliphatic carbocycles. The van der Waals surface area contributed by atoms with Gasteiger partial charge in [0.25, 0.3) is 0 Å². The van der Waals surface area contributed by atoms with Gasteiger partial charge in [0, 0.05) is 17.6 Å². The fourth-order valence-corrected chi connectivity index (χ4v) is 2.58. The van der Waals surface area contributed by atoms with Crippen molar-refractivity contribution in [2.75, 3.05) is 13.2 Å². The molecule has 0 saturated heterocycles. The van der Waals surface area contributed by atoms with E-state index in [0.29, 0.717) is 28.4 Å². The average Bonchev–Trinajstić information content (AvgIpc) is 2.45. The minimum atomic E-state index is -0.562. The van der Waals surface area contributed by atoms with E-state index < -0.39 is 6.10 Å². The molecule has 3 nitrogen and oxygen atoms in total. The second-order valence-electron chi connectivity index (χ2n) is 4.93. The topological polar surface area (TPSA) is 41.5 Å². The molecule has 1 aliphatic rings. The van der Waals surface area contributed by atoms with E-state index in [1.54, 1.807) is 18.2 Å². The molecule has 0 fully saturated rings. The smallest absolute Gasteiger partial charge is 0.138 e. The molecule has 2 rings (SSSR count). The molecule has 2 N–H and O–H groups in total. The largest absolute Gasteiger partial charge is 0.489 e. The third-order valence-electron chi connectivity index (χ3n) is 3.24. The normalized spacial score (nSPS) is 19.9. The SMILES string of the molecule is OC(CNC1CC=CCC1)COc1ccc(Cl)cc1Cl. The first-order chi connectivity index (χ1) is 9.65. The van der Waals surface area contributed by atoms with Gasteiger partial charge in [-0.2, -0.15) is 0 Å². The Morgan fingerprint density at radius 1 is 1.35 bits per heavy atom. The van der Waals surface area contributed by atoms with Crippen LogP contribution in [0.1, 0.15) is 19.3 Å². The highest BCUT2D eigenvalue weighted by Crippen LogP contribution is 2.27. The molecule has 2 atom stereocenters. The first-order valence-corrected chi connectivity index (χ1v) is 7.55. The number of allylic oxidation sites excluding steroid dienone is 1. The fraction of sp³-hybridized carbons (Fsp3) is 0.467. The van der Waals surface area contributed by atoms with Crippen molar-refractivity contribution in [1.82, 2.24) is 5.32 Å². The van der Waals surface area contributed by atoms with Gasteiger partial charge in [-0.05, 0) is 37.5 Å². The van der Waals surface area contributed by atoms with Gasteiger partial charge < -0.3 is 15.2 Å². The number of rotatable bonds is 6. The summed E-state index contributed by atoms with van der Waals surface area (Å²) < 4.78 is 5.50. The molecule has 0 aromatic heterocycles. The number of halogens is 2. The van der Waals surface area contributed by atoms with Gasteiger partial charge >= 0.3 is 0 Å². The lowest BCUT2D eigenvalue weighted by atomic mass is 10.0. The van der Waals surface area contributed by atoms with Crippen molar-refractivity contribution in [2.45, 2.75) is 31.4 Å². The van der Waals surface area contributed by atoms with Crippen molar-refractivity contribution in [3.05, 3.63) is 40.4 Å². The average molecular weight is 316 g/mol. The van der Waals surface area contributed by atoms with Crippen LogP contribution in [-0.2, 0) is 0 Å². The minimum Gasteiger partial charge on any atom is -0.489 e. The second kappa shape index (κ2) is 7.89. The lowest BCUT2D eigenvalue weighted by molar-refractivity contribution is 0.103. The summed E-state index contributed by atoms with van der Waals surface area (Å²) >= 11 is 11.8. The Labute approximate surface area is 129 Å². The zero-order valence-electron chi connectivity index (χ0n) is 11.2. The van der Waals surface area contributed by atoms with Gasteiger partial charge in [-0.3, -0.25) is 0 Å². The summed E-state index contributed by atoms with van der Waals surface area (Å²) in [4.78, 5) is 0. The molecule has 110 valence electrons. The number of aliphatic hydroxyl groups excluding tert-OH is 1. The molecule has 5 heteroatoms. The van der Waals surface area contributed by atoms with Crippen LogP contribution in [0.4, 0.5) is 0 Å². The molecule has 0 spiro atoms. The minimum absolute atomic E-state index is 0.205. The Hall–Kier alpha value is -0.740. The molecule has 0 saturated carbocycles. The zero-order valence-corrected chi connectivity index (χ0v) is 12.7. The van der Waals surface area contributed by atoms with Crippen LogP contribution in [-0.4, -0.2) is 30.4 Å². The predicted molar refractivity (Wildman–Crippen MR) is 82.7 cm³/mol. The summed E-state index contributed by atoms with van der Waals surface area (Å²) in [5, 5.41) is 14.3. The maximum Gasteiger partial charge on any atom is 0.138 e. The number of hydrogen-bond donors (Lipinski definition) is 2. The van der Waals surface area contributed by atoms with Crippen LogP contribution in [0.3, 0.4) is 0 Å². The van der Waals surface area contributed by atoms with E-state index in [-0.39, 0.29) is 6.61 Å². The monoisotopic (exact) mass is 315 g/mol. The van der Waals surface area contributed by atoms with Crippen molar-refractivity contribution < 1.29 is 9.84 Å². The predicted octanol–water partition coefficient (Wildman–Crippen LogP) is 3.43. The number of nitrogens with one attached hydrogen (secondary N) is 1. The lowest BCUT2D eigenvalue weighted by Gasteiger charge is -2.21. The van der Waals surface area contributed by atoms with E-state index in [9.17, 15) is 5.11 Å². The third-order valence-corrected chi connectivity index (χ3v) is 3.77. The van der Waals surface area contributed by atoms with E-state index in [1.807, 2.05) is 0 Å². The van der Waals surface area contributed by atoms with Gasteiger partial charge in [0.2, 0.25) is 0 Å².